The van der Waals surface area contributed by atoms with Gasteiger partial charge in [0, 0.05) is 0 Å². The van der Waals surface area contributed by atoms with Crippen LogP contribution >= 0.6 is 0 Å². The molecule has 0 radical (unpaired) electrons. The van der Waals surface area contributed by atoms with Gasteiger partial charge in [0.05, 0.1) is 6.61 Å². The number of ether oxygens (including phenoxy) is 2. The summed E-state index contributed by atoms with van der Waals surface area (Å²) in [7, 11) is 0. The molecule has 0 bridgehead atoms. The summed E-state index contributed by atoms with van der Waals surface area (Å²) in [5.74, 6) is 0.229. The minimum Gasteiger partial charge on any atom is -0.490 e. The predicted molar refractivity (Wildman–Crippen MR) is 72.8 cm³/mol. The molecule has 5 heteroatoms. The molecule has 0 saturated heterocycles. The van der Waals surface area contributed by atoms with Crippen molar-refractivity contribution in [3.05, 3.63) is 24.3 Å². The van der Waals surface area contributed by atoms with Gasteiger partial charge in [-0.1, -0.05) is 19.1 Å². The number of benzene rings is 1. The summed E-state index contributed by atoms with van der Waals surface area (Å²) < 4.78 is 11.0. The smallest absolute Gasteiger partial charge is 0.327 e. The monoisotopic (exact) mass is 267 g/mol. The van der Waals surface area contributed by atoms with Crippen LogP contribution in [0.5, 0.6) is 11.5 Å². The van der Waals surface area contributed by atoms with E-state index in [1.165, 1.54) is 0 Å². The van der Waals surface area contributed by atoms with Gasteiger partial charge < -0.3 is 14.6 Å². The first-order valence-electron chi connectivity index (χ1n) is 6.36. The zero-order valence-electron chi connectivity index (χ0n) is 11.6. The van der Waals surface area contributed by atoms with Gasteiger partial charge in [-0.05, 0) is 32.5 Å². The van der Waals surface area contributed by atoms with Crippen LogP contribution in [-0.4, -0.2) is 36.4 Å². The Balaban J connectivity index is 2.77. The minimum absolute atomic E-state index is 0.0280. The molecule has 0 amide bonds. The van der Waals surface area contributed by atoms with E-state index in [0.29, 0.717) is 24.7 Å². The summed E-state index contributed by atoms with van der Waals surface area (Å²) in [4.78, 5) is 11.3. The summed E-state index contributed by atoms with van der Waals surface area (Å²) >= 11 is 0. The fourth-order valence-electron chi connectivity index (χ4n) is 1.64. The van der Waals surface area contributed by atoms with E-state index in [2.05, 4.69) is 5.32 Å². The van der Waals surface area contributed by atoms with E-state index in [0.717, 1.165) is 0 Å². The molecule has 0 spiro atoms. The number of carbonyl (C=O) groups is 1. The standard InChI is InChI=1S/C14H21NO4/c1-4-15-14(3,13(16)17)10-19-12-9-7-6-8-11(12)18-5-2/h6-9,15H,4-5,10H2,1-3H3,(H,16,17). The van der Waals surface area contributed by atoms with E-state index in [-0.39, 0.29) is 6.61 Å². The molecule has 2 N–H and O–H groups in total. The van der Waals surface area contributed by atoms with E-state index >= 15 is 0 Å². The van der Waals surface area contributed by atoms with Crippen molar-refractivity contribution in [3.63, 3.8) is 0 Å². The van der Waals surface area contributed by atoms with Crippen molar-refractivity contribution >= 4 is 5.97 Å². The summed E-state index contributed by atoms with van der Waals surface area (Å²) in [6.07, 6.45) is 0. The van der Waals surface area contributed by atoms with Gasteiger partial charge in [0.2, 0.25) is 0 Å². The first-order valence-corrected chi connectivity index (χ1v) is 6.36. The molecule has 1 unspecified atom stereocenters. The molecule has 0 saturated carbocycles. The largest absolute Gasteiger partial charge is 0.490 e. The van der Waals surface area contributed by atoms with E-state index < -0.39 is 11.5 Å². The lowest BCUT2D eigenvalue weighted by Gasteiger charge is -2.26. The molecule has 1 aromatic rings. The molecule has 0 aliphatic rings. The average Bonchev–Trinajstić information content (AvgIpc) is 2.38. The fraction of sp³-hybridized carbons (Fsp3) is 0.500. The highest BCUT2D eigenvalue weighted by atomic mass is 16.5. The van der Waals surface area contributed by atoms with Gasteiger partial charge in [-0.3, -0.25) is 10.1 Å². The summed E-state index contributed by atoms with van der Waals surface area (Å²) in [5.41, 5.74) is -1.12. The highest BCUT2D eigenvalue weighted by Gasteiger charge is 2.33. The number of hydrogen-bond acceptors (Lipinski definition) is 4. The zero-order chi connectivity index (χ0) is 14.3. The number of para-hydroxylation sites is 2. The second kappa shape index (κ2) is 6.99. The SMILES string of the molecule is CCNC(C)(COc1ccccc1OCC)C(=O)O. The lowest BCUT2D eigenvalue weighted by atomic mass is 10.0. The molecule has 1 aromatic carbocycles. The molecule has 1 rings (SSSR count). The van der Waals surface area contributed by atoms with Crippen molar-refractivity contribution in [2.45, 2.75) is 26.3 Å². The molecule has 0 heterocycles. The van der Waals surface area contributed by atoms with Gasteiger partial charge in [-0.15, -0.1) is 0 Å². The first kappa shape index (κ1) is 15.3. The summed E-state index contributed by atoms with van der Waals surface area (Å²) in [6.45, 7) is 6.46. The van der Waals surface area contributed by atoms with Crippen molar-refractivity contribution in [1.82, 2.24) is 5.32 Å². The number of aliphatic carboxylic acids is 1. The van der Waals surface area contributed by atoms with Crippen molar-refractivity contribution in [1.29, 1.82) is 0 Å². The highest BCUT2D eigenvalue weighted by molar-refractivity contribution is 5.78. The second-order valence-electron chi connectivity index (χ2n) is 4.34. The maximum Gasteiger partial charge on any atom is 0.327 e. The Morgan fingerprint density at radius 3 is 2.32 bits per heavy atom. The second-order valence-corrected chi connectivity index (χ2v) is 4.34. The van der Waals surface area contributed by atoms with Crippen LogP contribution in [0.25, 0.3) is 0 Å². The molecular weight excluding hydrogens is 246 g/mol. The van der Waals surface area contributed by atoms with Crippen LogP contribution in [0, 0.1) is 0 Å². The number of carboxylic acid groups (broad SMARTS) is 1. The Hall–Kier alpha value is -1.75. The van der Waals surface area contributed by atoms with Crippen LogP contribution in [0.1, 0.15) is 20.8 Å². The Kier molecular flexibility index (Phi) is 5.63. The Morgan fingerprint density at radius 1 is 1.26 bits per heavy atom. The van der Waals surface area contributed by atoms with Gasteiger partial charge in [0.1, 0.15) is 12.1 Å². The van der Waals surface area contributed by atoms with Crippen molar-refractivity contribution < 1.29 is 19.4 Å². The van der Waals surface area contributed by atoms with Crippen LogP contribution in [-0.2, 0) is 4.79 Å². The van der Waals surface area contributed by atoms with Crippen molar-refractivity contribution in [3.8, 4) is 11.5 Å². The van der Waals surface area contributed by atoms with Gasteiger partial charge >= 0.3 is 5.97 Å². The van der Waals surface area contributed by atoms with Crippen LogP contribution in [0.2, 0.25) is 0 Å². The number of carboxylic acids is 1. The highest BCUT2D eigenvalue weighted by Crippen LogP contribution is 2.27. The number of nitrogens with one attached hydrogen (secondary N) is 1. The fourth-order valence-corrected chi connectivity index (χ4v) is 1.64. The minimum atomic E-state index is -1.12. The number of hydrogen-bond donors (Lipinski definition) is 2. The third kappa shape index (κ3) is 4.13. The van der Waals surface area contributed by atoms with E-state index in [4.69, 9.17) is 9.47 Å². The van der Waals surface area contributed by atoms with E-state index in [1.54, 1.807) is 19.1 Å². The van der Waals surface area contributed by atoms with Crippen molar-refractivity contribution in [2.24, 2.45) is 0 Å². The molecule has 19 heavy (non-hydrogen) atoms. The summed E-state index contributed by atoms with van der Waals surface area (Å²) in [6, 6.07) is 7.23. The lowest BCUT2D eigenvalue weighted by Crippen LogP contribution is -2.53. The molecule has 0 aliphatic heterocycles. The molecule has 0 aliphatic carbocycles. The quantitative estimate of drug-likeness (QED) is 0.753. The number of likely N-dealkylation sites (N-methyl/N-ethyl adjacent to an activating group) is 1. The molecule has 5 nitrogen and oxygen atoms in total. The molecular formula is C14H21NO4. The zero-order valence-corrected chi connectivity index (χ0v) is 11.6. The predicted octanol–water partition coefficient (Wildman–Crippen LogP) is 1.92. The molecule has 106 valence electrons. The third-order valence-corrected chi connectivity index (χ3v) is 2.70. The normalized spacial score (nSPS) is 13.6. The van der Waals surface area contributed by atoms with Gasteiger partial charge in [0.25, 0.3) is 0 Å². The summed E-state index contributed by atoms with van der Waals surface area (Å²) in [5, 5.41) is 12.2. The van der Waals surface area contributed by atoms with Crippen molar-refractivity contribution in [2.75, 3.05) is 19.8 Å². The van der Waals surface area contributed by atoms with E-state index in [9.17, 15) is 9.90 Å². The first-order chi connectivity index (χ1) is 9.03. The lowest BCUT2D eigenvalue weighted by molar-refractivity contribution is -0.145. The van der Waals surface area contributed by atoms with Gasteiger partial charge in [-0.25, -0.2) is 0 Å². The van der Waals surface area contributed by atoms with Crippen LogP contribution in [0.4, 0.5) is 0 Å². The Bertz CT molecular complexity index is 422. The molecule has 0 aromatic heterocycles. The Labute approximate surface area is 113 Å². The molecule has 1 atom stereocenters. The molecule has 0 fully saturated rings. The average molecular weight is 267 g/mol. The van der Waals surface area contributed by atoms with E-state index in [1.807, 2.05) is 26.0 Å². The Morgan fingerprint density at radius 2 is 1.84 bits per heavy atom. The maximum absolute atomic E-state index is 11.3. The van der Waals surface area contributed by atoms with Gasteiger partial charge in [0.15, 0.2) is 11.5 Å². The van der Waals surface area contributed by atoms with Crippen LogP contribution < -0.4 is 14.8 Å². The van der Waals surface area contributed by atoms with Gasteiger partial charge in [-0.2, -0.15) is 0 Å². The topological polar surface area (TPSA) is 67.8 Å². The van der Waals surface area contributed by atoms with Crippen LogP contribution in [0.3, 0.4) is 0 Å². The van der Waals surface area contributed by atoms with Crippen LogP contribution in [0.15, 0.2) is 24.3 Å². The third-order valence-electron chi connectivity index (χ3n) is 2.70. The maximum atomic E-state index is 11.3. The number of rotatable bonds is 8.